The van der Waals surface area contributed by atoms with Gasteiger partial charge in [-0.05, 0) is 69.8 Å². The van der Waals surface area contributed by atoms with Crippen LogP contribution in [0.2, 0.25) is 0 Å². The molecule has 212 valence electrons. The highest BCUT2D eigenvalue weighted by molar-refractivity contribution is 5.96. The van der Waals surface area contributed by atoms with Gasteiger partial charge in [-0.15, -0.1) is 0 Å². The Bertz CT molecular complexity index is 1160. The molecular weight excluding hydrogens is 490 g/mol. The maximum absolute atomic E-state index is 12.3. The number of primary amides is 1. The third-order valence-corrected chi connectivity index (χ3v) is 8.59. The van der Waals surface area contributed by atoms with Crippen LogP contribution in [0, 0.1) is 6.92 Å². The molecule has 3 saturated heterocycles. The minimum atomic E-state index is -0.585. The van der Waals surface area contributed by atoms with Crippen LogP contribution in [0.1, 0.15) is 54.4 Å². The molecule has 10 heteroatoms. The Kier molecular flexibility index (Phi) is 8.54. The number of anilines is 4. The Labute approximate surface area is 232 Å². The molecule has 4 heterocycles. The lowest BCUT2D eigenvalue weighted by Crippen LogP contribution is -2.52. The van der Waals surface area contributed by atoms with Gasteiger partial charge in [0, 0.05) is 75.8 Å². The average molecular weight is 536 g/mol. The molecule has 3 aliphatic heterocycles. The Morgan fingerprint density at radius 2 is 1.77 bits per heavy atom. The number of likely N-dealkylation sites (N-methyl/N-ethyl adjacent to an activating group) is 1. The van der Waals surface area contributed by atoms with E-state index in [9.17, 15) is 4.79 Å². The highest BCUT2D eigenvalue weighted by Crippen LogP contribution is 2.31. The van der Waals surface area contributed by atoms with Crippen LogP contribution in [0.4, 0.5) is 23.0 Å². The number of aryl methyl sites for hydroxylation is 2. The second kappa shape index (κ2) is 12.1. The molecule has 1 aromatic heterocycles. The lowest BCUT2D eigenvalue weighted by Gasteiger charge is -2.43. The smallest absolute Gasteiger partial charge is 0.271 e. The molecule has 5 rings (SSSR count). The SMILES string of the molecule is CCc1nc(C(N)=O)c(Nc2ccc(N3CCC(N4CCN(C)CC4)CC3)c(C)c2)nc1N1CCC[C@H](N)C1. The van der Waals surface area contributed by atoms with Crippen molar-refractivity contribution in [1.82, 2.24) is 19.8 Å². The predicted octanol–water partition coefficient (Wildman–Crippen LogP) is 2.33. The van der Waals surface area contributed by atoms with Crippen LogP contribution >= 0.6 is 0 Å². The molecule has 1 atom stereocenters. The largest absolute Gasteiger partial charge is 0.371 e. The molecular formula is C29H45N9O. The molecule has 0 bridgehead atoms. The number of nitrogens with zero attached hydrogens (tertiary/aromatic N) is 6. The number of amides is 1. The average Bonchev–Trinajstić information content (AvgIpc) is 2.93. The highest BCUT2D eigenvalue weighted by atomic mass is 16.1. The molecule has 0 saturated carbocycles. The van der Waals surface area contributed by atoms with Crippen molar-refractivity contribution >= 4 is 28.9 Å². The van der Waals surface area contributed by atoms with Crippen LogP contribution in [0.25, 0.3) is 0 Å². The third-order valence-electron chi connectivity index (χ3n) is 8.59. The number of nitrogens with two attached hydrogens (primary N) is 2. The minimum absolute atomic E-state index is 0.110. The molecule has 10 nitrogen and oxygen atoms in total. The molecule has 0 spiro atoms. The van der Waals surface area contributed by atoms with Gasteiger partial charge < -0.3 is 31.5 Å². The summed E-state index contributed by atoms with van der Waals surface area (Å²) < 4.78 is 0. The fraction of sp³-hybridized carbons (Fsp3) is 0.621. The van der Waals surface area contributed by atoms with Crippen LogP contribution in [-0.4, -0.2) is 97.2 Å². The second-order valence-corrected chi connectivity index (χ2v) is 11.4. The molecule has 0 aliphatic carbocycles. The number of hydrogen-bond donors (Lipinski definition) is 3. The number of carbonyl (C=O) groups excluding carboxylic acids is 1. The fourth-order valence-corrected chi connectivity index (χ4v) is 6.30. The van der Waals surface area contributed by atoms with E-state index >= 15 is 0 Å². The van der Waals surface area contributed by atoms with Crippen molar-refractivity contribution in [2.45, 2.75) is 58.0 Å². The second-order valence-electron chi connectivity index (χ2n) is 11.4. The molecule has 1 amide bonds. The first-order chi connectivity index (χ1) is 18.8. The maximum Gasteiger partial charge on any atom is 0.271 e. The number of carbonyl (C=O) groups is 1. The van der Waals surface area contributed by atoms with E-state index in [1.165, 1.54) is 50.3 Å². The van der Waals surface area contributed by atoms with Crippen molar-refractivity contribution in [3.63, 3.8) is 0 Å². The number of benzene rings is 1. The van der Waals surface area contributed by atoms with Crippen molar-refractivity contribution in [2.75, 3.05) is 74.5 Å². The van der Waals surface area contributed by atoms with Crippen LogP contribution in [-0.2, 0) is 6.42 Å². The van der Waals surface area contributed by atoms with E-state index in [0.717, 1.165) is 56.2 Å². The Morgan fingerprint density at radius 1 is 1.03 bits per heavy atom. The van der Waals surface area contributed by atoms with Gasteiger partial charge >= 0.3 is 0 Å². The number of aromatic nitrogens is 2. The summed E-state index contributed by atoms with van der Waals surface area (Å²) in [5, 5.41) is 3.36. The number of rotatable bonds is 7. The molecule has 3 fully saturated rings. The van der Waals surface area contributed by atoms with E-state index in [1.807, 2.05) is 6.92 Å². The Hall–Kier alpha value is -2.95. The molecule has 39 heavy (non-hydrogen) atoms. The van der Waals surface area contributed by atoms with Gasteiger partial charge in [-0.25, -0.2) is 9.97 Å². The summed E-state index contributed by atoms with van der Waals surface area (Å²) in [5.74, 6) is 0.601. The zero-order valence-corrected chi connectivity index (χ0v) is 23.8. The summed E-state index contributed by atoms with van der Waals surface area (Å²) >= 11 is 0. The van der Waals surface area contributed by atoms with Gasteiger partial charge in [0.2, 0.25) is 0 Å². The number of nitrogens with one attached hydrogen (secondary N) is 1. The van der Waals surface area contributed by atoms with E-state index in [2.05, 4.69) is 62.1 Å². The van der Waals surface area contributed by atoms with E-state index in [-0.39, 0.29) is 11.7 Å². The van der Waals surface area contributed by atoms with Crippen molar-refractivity contribution in [1.29, 1.82) is 0 Å². The Balaban J connectivity index is 1.30. The van der Waals surface area contributed by atoms with E-state index in [4.69, 9.17) is 16.5 Å². The van der Waals surface area contributed by atoms with Crippen LogP contribution in [0.5, 0.6) is 0 Å². The van der Waals surface area contributed by atoms with Crippen molar-refractivity contribution < 1.29 is 4.79 Å². The van der Waals surface area contributed by atoms with Gasteiger partial charge in [0.15, 0.2) is 17.3 Å². The summed E-state index contributed by atoms with van der Waals surface area (Å²) in [6.45, 7) is 12.6. The Morgan fingerprint density at radius 3 is 2.41 bits per heavy atom. The lowest BCUT2D eigenvalue weighted by atomic mass is 10.0. The molecule has 5 N–H and O–H groups in total. The number of piperidine rings is 2. The first-order valence-electron chi connectivity index (χ1n) is 14.6. The van der Waals surface area contributed by atoms with Gasteiger partial charge in [0.25, 0.3) is 5.91 Å². The first-order valence-corrected chi connectivity index (χ1v) is 14.6. The van der Waals surface area contributed by atoms with E-state index in [1.54, 1.807) is 0 Å². The summed E-state index contributed by atoms with van der Waals surface area (Å²) in [6, 6.07) is 7.16. The van der Waals surface area contributed by atoms with Crippen molar-refractivity contribution in [3.8, 4) is 0 Å². The molecule has 3 aliphatic rings. The topological polar surface area (TPSA) is 120 Å². The summed E-state index contributed by atoms with van der Waals surface area (Å²) in [5.41, 5.74) is 16.3. The monoisotopic (exact) mass is 535 g/mol. The van der Waals surface area contributed by atoms with Gasteiger partial charge in [-0.2, -0.15) is 0 Å². The molecule has 0 radical (unpaired) electrons. The quantitative estimate of drug-likeness (QED) is 0.491. The van der Waals surface area contributed by atoms with Crippen LogP contribution in [0.3, 0.4) is 0 Å². The van der Waals surface area contributed by atoms with Crippen LogP contribution < -0.4 is 26.6 Å². The van der Waals surface area contributed by atoms with E-state index < -0.39 is 5.91 Å². The van der Waals surface area contributed by atoms with Crippen LogP contribution in [0.15, 0.2) is 18.2 Å². The molecule has 0 unspecified atom stereocenters. The fourth-order valence-electron chi connectivity index (χ4n) is 6.30. The number of hydrogen-bond acceptors (Lipinski definition) is 9. The summed E-state index contributed by atoms with van der Waals surface area (Å²) in [4.78, 5) is 31.7. The zero-order valence-electron chi connectivity index (χ0n) is 23.8. The van der Waals surface area contributed by atoms with Crippen molar-refractivity contribution in [2.24, 2.45) is 11.5 Å². The zero-order chi connectivity index (χ0) is 27.5. The third kappa shape index (κ3) is 6.28. The first kappa shape index (κ1) is 27.6. The standard InChI is InChI=1S/C29H45N9O/c1-4-24-29(38-11-5-6-21(30)19-38)34-28(26(33-24)27(31)39)32-22-7-8-25(20(2)18-22)37-12-9-23(10-13-37)36-16-14-35(3)15-17-36/h7-8,18,21,23H,4-6,9-17,19,30H2,1-3H3,(H2,31,39)(H,32,34)/t21-/m0/s1. The summed E-state index contributed by atoms with van der Waals surface area (Å²) in [6.07, 6.45) is 5.09. The highest BCUT2D eigenvalue weighted by Gasteiger charge is 2.28. The number of piperazine rings is 1. The van der Waals surface area contributed by atoms with Gasteiger partial charge in [0.1, 0.15) is 0 Å². The van der Waals surface area contributed by atoms with Gasteiger partial charge in [-0.1, -0.05) is 6.92 Å². The lowest BCUT2D eigenvalue weighted by molar-refractivity contribution is 0.0982. The summed E-state index contributed by atoms with van der Waals surface area (Å²) in [7, 11) is 2.21. The van der Waals surface area contributed by atoms with Crippen molar-refractivity contribution in [3.05, 3.63) is 35.2 Å². The normalized spacial score (nSPS) is 21.8. The van der Waals surface area contributed by atoms with Gasteiger partial charge in [0.05, 0.1) is 5.69 Å². The molecule has 1 aromatic carbocycles. The minimum Gasteiger partial charge on any atom is -0.371 e. The van der Waals surface area contributed by atoms with E-state index in [0.29, 0.717) is 18.3 Å². The molecule has 2 aromatic rings. The van der Waals surface area contributed by atoms with Gasteiger partial charge in [-0.3, -0.25) is 9.69 Å². The predicted molar refractivity (Wildman–Crippen MR) is 158 cm³/mol. The maximum atomic E-state index is 12.3.